The molecule has 0 radical (unpaired) electrons. The first-order chi connectivity index (χ1) is 10.5. The van der Waals surface area contributed by atoms with Gasteiger partial charge in [0.05, 0.1) is 6.04 Å². The van der Waals surface area contributed by atoms with Crippen molar-refractivity contribution < 1.29 is 4.45 Å². The van der Waals surface area contributed by atoms with Gasteiger partial charge in [-0.1, -0.05) is 71.9 Å². The molecule has 1 aromatic heterocycles. The summed E-state index contributed by atoms with van der Waals surface area (Å²) in [7, 11) is -0.519. The first-order valence-electron chi connectivity index (χ1n) is 8.32. The number of aromatic nitrogens is 3. The highest BCUT2D eigenvalue weighted by molar-refractivity contribution is 7.53. The average molecular weight is 331 g/mol. The highest BCUT2D eigenvalue weighted by atomic mass is 31.1. The Kier molecular flexibility index (Phi) is 5.01. The molecule has 0 aliphatic rings. The fourth-order valence-corrected chi connectivity index (χ4v) is 6.62. The molecule has 0 aliphatic heterocycles. The molecule has 0 amide bonds. The summed E-state index contributed by atoms with van der Waals surface area (Å²) in [5.41, 5.74) is 1.15. The highest BCUT2D eigenvalue weighted by Gasteiger charge is 2.40. The summed E-state index contributed by atoms with van der Waals surface area (Å²) in [4.78, 5) is 0. The number of hydrogen-bond donors (Lipinski definition) is 0. The van der Waals surface area contributed by atoms with Crippen molar-refractivity contribution in [3.8, 4) is 11.4 Å². The molecular weight excluding hydrogens is 301 g/mol. The number of nitrogens with zero attached hydrogens (tertiary/aromatic N) is 3. The van der Waals surface area contributed by atoms with Crippen molar-refractivity contribution in [2.75, 3.05) is 0 Å². The monoisotopic (exact) mass is 331 g/mol. The molecule has 126 valence electrons. The zero-order chi connectivity index (χ0) is 17.4. The Hall–Kier alpha value is -1.21. The van der Waals surface area contributed by atoms with Crippen molar-refractivity contribution in [3.63, 3.8) is 0 Å². The van der Waals surface area contributed by atoms with Gasteiger partial charge in [0, 0.05) is 10.3 Å². The lowest BCUT2D eigenvalue weighted by molar-refractivity contribution is -0.585. The summed E-state index contributed by atoms with van der Waals surface area (Å²) < 4.78 is 4.29. The lowest BCUT2D eigenvalue weighted by atomic mass is 10.2. The highest BCUT2D eigenvalue weighted by Crippen LogP contribution is 2.54. The van der Waals surface area contributed by atoms with Crippen molar-refractivity contribution in [3.05, 3.63) is 36.7 Å². The average Bonchev–Trinajstić information content (AvgIpc) is 2.81. The largest absolute Gasteiger partial charge is 0.372 e. The van der Waals surface area contributed by atoms with E-state index in [0.717, 1.165) is 11.4 Å². The van der Waals surface area contributed by atoms with Crippen LogP contribution in [0.2, 0.25) is 0 Å². The predicted octanol–water partition coefficient (Wildman–Crippen LogP) is 5.06. The third kappa shape index (κ3) is 4.01. The van der Waals surface area contributed by atoms with Gasteiger partial charge in [-0.3, -0.25) is 0 Å². The standard InChI is InChI=1S/C19H30N3P/c1-15(2)21-14-22(23(18(3,4)5)19(6,7)8)20-17(21)16-12-10-9-11-13-16/h9-13,15H,1-8H3. The molecule has 3 nitrogen and oxygen atoms in total. The SMILES string of the molecule is CC(C)n1[c-][n+](P(C(C)(C)C)C(C)(C)C)nc1-c1ccccc1. The van der Waals surface area contributed by atoms with Gasteiger partial charge in [0.2, 0.25) is 0 Å². The molecule has 1 aromatic carbocycles. The van der Waals surface area contributed by atoms with E-state index in [4.69, 9.17) is 5.10 Å². The van der Waals surface area contributed by atoms with Crippen molar-refractivity contribution in [1.29, 1.82) is 0 Å². The van der Waals surface area contributed by atoms with Gasteiger partial charge in [-0.05, 0) is 19.4 Å². The van der Waals surface area contributed by atoms with Crippen LogP contribution in [0.1, 0.15) is 61.4 Å². The van der Waals surface area contributed by atoms with Gasteiger partial charge in [-0.25, -0.2) is 4.45 Å². The molecule has 0 bridgehead atoms. The molecule has 0 saturated heterocycles. The Morgan fingerprint density at radius 1 is 1.00 bits per heavy atom. The normalized spacial score (nSPS) is 13.1. The first-order valence-corrected chi connectivity index (χ1v) is 9.61. The molecule has 0 spiro atoms. The van der Waals surface area contributed by atoms with Gasteiger partial charge in [0.15, 0.2) is 6.33 Å². The predicted molar refractivity (Wildman–Crippen MR) is 98.9 cm³/mol. The second kappa shape index (κ2) is 6.36. The van der Waals surface area contributed by atoms with Gasteiger partial charge in [-0.15, -0.1) is 0 Å². The molecule has 0 fully saturated rings. The molecule has 0 N–H and O–H groups in total. The molecule has 0 atom stereocenters. The Morgan fingerprint density at radius 3 is 1.96 bits per heavy atom. The van der Waals surface area contributed by atoms with Crippen LogP contribution in [0, 0.1) is 6.33 Å². The van der Waals surface area contributed by atoms with Crippen LogP contribution in [0.5, 0.6) is 0 Å². The van der Waals surface area contributed by atoms with E-state index in [9.17, 15) is 0 Å². The van der Waals surface area contributed by atoms with Gasteiger partial charge in [0.25, 0.3) is 0 Å². The van der Waals surface area contributed by atoms with E-state index in [0.29, 0.717) is 6.04 Å². The van der Waals surface area contributed by atoms with E-state index < -0.39 is 8.07 Å². The van der Waals surface area contributed by atoms with Gasteiger partial charge < -0.3 is 4.57 Å². The third-order valence-electron chi connectivity index (χ3n) is 3.62. The summed E-state index contributed by atoms with van der Waals surface area (Å²) in [5.74, 6) is 1.00. The first kappa shape index (κ1) is 18.1. The van der Waals surface area contributed by atoms with Crippen LogP contribution in [0.15, 0.2) is 30.3 Å². The Labute approximate surface area is 142 Å². The summed E-state index contributed by atoms with van der Waals surface area (Å²) in [5, 5.41) is 5.32. The van der Waals surface area contributed by atoms with E-state index in [1.807, 2.05) is 6.07 Å². The smallest absolute Gasteiger partial charge is 0.162 e. The Bertz CT molecular complexity index is 631. The second-order valence-electron chi connectivity index (χ2n) is 8.30. The van der Waals surface area contributed by atoms with Gasteiger partial charge in [-0.2, -0.15) is 5.10 Å². The fourth-order valence-electron chi connectivity index (χ4n) is 3.11. The number of rotatable bonds is 3. The van der Waals surface area contributed by atoms with Crippen LogP contribution in [-0.4, -0.2) is 20.0 Å². The quantitative estimate of drug-likeness (QED) is 0.569. The maximum absolute atomic E-state index is 4.99. The zero-order valence-corrected chi connectivity index (χ0v) is 16.6. The minimum Gasteiger partial charge on any atom is -0.372 e. The van der Waals surface area contributed by atoms with Crippen LogP contribution in [-0.2, 0) is 0 Å². The van der Waals surface area contributed by atoms with E-state index in [1.54, 1.807) is 0 Å². The molecule has 2 aromatic rings. The molecule has 0 saturated carbocycles. The van der Waals surface area contributed by atoms with Crippen LogP contribution in [0.25, 0.3) is 11.4 Å². The van der Waals surface area contributed by atoms with E-state index >= 15 is 0 Å². The molecule has 23 heavy (non-hydrogen) atoms. The van der Waals surface area contributed by atoms with Crippen molar-refractivity contribution >= 4 is 8.07 Å². The molecule has 2 rings (SSSR count). The topological polar surface area (TPSA) is 21.7 Å². The van der Waals surface area contributed by atoms with E-state index in [-0.39, 0.29) is 10.3 Å². The fraction of sp³-hybridized carbons (Fsp3) is 0.579. The number of hydrogen-bond acceptors (Lipinski definition) is 1. The van der Waals surface area contributed by atoms with Crippen molar-refractivity contribution in [2.24, 2.45) is 0 Å². The lowest BCUT2D eigenvalue weighted by Crippen LogP contribution is -2.45. The van der Waals surface area contributed by atoms with E-state index in [1.165, 1.54) is 0 Å². The second-order valence-corrected chi connectivity index (χ2v) is 12.0. The summed E-state index contributed by atoms with van der Waals surface area (Å²) >= 11 is 0. The minimum absolute atomic E-state index is 0.166. The maximum Gasteiger partial charge on any atom is 0.162 e. The van der Waals surface area contributed by atoms with Crippen molar-refractivity contribution in [1.82, 2.24) is 9.67 Å². The van der Waals surface area contributed by atoms with Crippen LogP contribution < -0.4 is 4.45 Å². The third-order valence-corrected chi connectivity index (χ3v) is 6.72. The van der Waals surface area contributed by atoms with Gasteiger partial charge in [0.1, 0.15) is 13.9 Å². The van der Waals surface area contributed by atoms with Gasteiger partial charge >= 0.3 is 0 Å². The summed E-state index contributed by atoms with van der Waals surface area (Å²) in [6, 6.07) is 10.7. The Morgan fingerprint density at radius 2 is 1.52 bits per heavy atom. The molecule has 0 aliphatic carbocycles. The molecule has 4 heteroatoms. The maximum atomic E-state index is 4.99. The molecule has 1 heterocycles. The number of benzene rings is 1. The van der Waals surface area contributed by atoms with Crippen LogP contribution in [0.3, 0.4) is 0 Å². The minimum atomic E-state index is -0.519. The van der Waals surface area contributed by atoms with Crippen molar-refractivity contribution in [2.45, 2.75) is 71.7 Å². The zero-order valence-electron chi connectivity index (χ0n) is 15.8. The van der Waals surface area contributed by atoms with Crippen LogP contribution in [0.4, 0.5) is 0 Å². The van der Waals surface area contributed by atoms with Crippen LogP contribution >= 0.6 is 8.07 Å². The summed E-state index contributed by atoms with van der Waals surface area (Å²) in [6.45, 7) is 18.2. The Balaban J connectivity index is 2.61. The van der Waals surface area contributed by atoms with E-state index in [2.05, 4.69) is 95.0 Å². The molecule has 0 unspecified atom stereocenters. The molecular formula is C19H30N3P. The summed E-state index contributed by atoms with van der Waals surface area (Å²) in [6.07, 6.45) is 3.54. The lowest BCUT2D eigenvalue weighted by Gasteiger charge is -2.37.